The van der Waals surface area contributed by atoms with Crippen molar-refractivity contribution in [3.63, 3.8) is 0 Å². The molecule has 5 nitrogen and oxygen atoms in total. The van der Waals surface area contributed by atoms with Crippen molar-refractivity contribution in [3.8, 4) is 5.88 Å². The number of carbonyl (C=O) groups is 1. The molecule has 1 aromatic carbocycles. The molecule has 0 radical (unpaired) electrons. The molecule has 3 rings (SSSR count). The van der Waals surface area contributed by atoms with Gasteiger partial charge in [0.05, 0.1) is 13.0 Å². The second-order valence-corrected chi connectivity index (χ2v) is 8.41. The summed E-state index contributed by atoms with van der Waals surface area (Å²) in [6.07, 6.45) is 5.46. The Morgan fingerprint density at radius 2 is 2.12 bits per heavy atom. The molecule has 1 amide bonds. The summed E-state index contributed by atoms with van der Waals surface area (Å²) >= 11 is 1.83. The fourth-order valence-electron chi connectivity index (χ4n) is 3.02. The summed E-state index contributed by atoms with van der Waals surface area (Å²) in [5, 5.41) is 0.558. The Morgan fingerprint density at radius 3 is 2.81 bits per heavy atom. The Balaban J connectivity index is 1.54. The predicted octanol–water partition coefficient (Wildman–Crippen LogP) is 3.59. The number of rotatable bonds is 6. The zero-order valence-electron chi connectivity index (χ0n) is 15.3. The van der Waals surface area contributed by atoms with Crippen LogP contribution >= 0.6 is 11.8 Å². The van der Waals surface area contributed by atoms with Crippen molar-refractivity contribution in [2.75, 3.05) is 13.1 Å². The first-order valence-electron chi connectivity index (χ1n) is 9.06. The first-order valence-corrected chi connectivity index (χ1v) is 9.94. The van der Waals surface area contributed by atoms with Crippen LogP contribution in [-0.2, 0) is 11.2 Å². The van der Waals surface area contributed by atoms with E-state index in [-0.39, 0.29) is 12.0 Å². The summed E-state index contributed by atoms with van der Waals surface area (Å²) in [5.74, 6) is 0.725. The van der Waals surface area contributed by atoms with Gasteiger partial charge in [-0.05, 0) is 30.5 Å². The zero-order chi connectivity index (χ0) is 18.4. The first-order chi connectivity index (χ1) is 12.6. The van der Waals surface area contributed by atoms with E-state index < -0.39 is 0 Å². The SMILES string of the molecule is CC(C)Sc1ccc(CC(=O)N2CCCC(Oc3ccncn3)C2)cc1. The second kappa shape index (κ2) is 9.03. The Bertz CT molecular complexity index is 707. The summed E-state index contributed by atoms with van der Waals surface area (Å²) in [6, 6.07) is 10.1. The molecule has 1 aliphatic heterocycles. The summed E-state index contributed by atoms with van der Waals surface area (Å²) in [4.78, 5) is 23.8. The molecule has 0 spiro atoms. The van der Waals surface area contributed by atoms with Crippen LogP contribution in [0.5, 0.6) is 5.88 Å². The van der Waals surface area contributed by atoms with Gasteiger partial charge in [-0.1, -0.05) is 26.0 Å². The van der Waals surface area contributed by atoms with Crippen LogP contribution in [0.2, 0.25) is 0 Å². The van der Waals surface area contributed by atoms with E-state index in [1.165, 1.54) is 11.2 Å². The average molecular weight is 372 g/mol. The van der Waals surface area contributed by atoms with Gasteiger partial charge in [-0.3, -0.25) is 4.79 Å². The van der Waals surface area contributed by atoms with Crippen molar-refractivity contribution >= 4 is 17.7 Å². The Kier molecular flexibility index (Phi) is 6.50. The highest BCUT2D eigenvalue weighted by Crippen LogP contribution is 2.23. The second-order valence-electron chi connectivity index (χ2n) is 6.76. The van der Waals surface area contributed by atoms with Crippen LogP contribution in [0.3, 0.4) is 0 Å². The number of hydrogen-bond acceptors (Lipinski definition) is 5. The number of nitrogens with zero attached hydrogens (tertiary/aromatic N) is 3. The van der Waals surface area contributed by atoms with Crippen LogP contribution in [0.4, 0.5) is 0 Å². The first kappa shape index (κ1) is 18.7. The van der Waals surface area contributed by atoms with Gasteiger partial charge in [0.1, 0.15) is 12.4 Å². The van der Waals surface area contributed by atoms with E-state index in [0.29, 0.717) is 24.1 Å². The fraction of sp³-hybridized carbons (Fsp3) is 0.450. The fourth-order valence-corrected chi connectivity index (χ4v) is 3.86. The van der Waals surface area contributed by atoms with E-state index in [1.54, 1.807) is 12.3 Å². The maximum Gasteiger partial charge on any atom is 0.227 e. The topological polar surface area (TPSA) is 55.3 Å². The van der Waals surface area contributed by atoms with Gasteiger partial charge >= 0.3 is 0 Å². The van der Waals surface area contributed by atoms with Crippen molar-refractivity contribution in [3.05, 3.63) is 48.4 Å². The number of benzene rings is 1. The molecule has 1 aromatic heterocycles. The molecule has 26 heavy (non-hydrogen) atoms. The van der Waals surface area contributed by atoms with Crippen molar-refractivity contribution in [2.45, 2.75) is 49.4 Å². The van der Waals surface area contributed by atoms with Gasteiger partial charge in [0.25, 0.3) is 0 Å². The van der Waals surface area contributed by atoms with Crippen LogP contribution in [-0.4, -0.2) is 45.2 Å². The number of ether oxygens (including phenoxy) is 1. The van der Waals surface area contributed by atoms with E-state index in [4.69, 9.17) is 4.74 Å². The number of aromatic nitrogens is 2. The number of piperidine rings is 1. The minimum Gasteiger partial charge on any atom is -0.472 e. The molecule has 138 valence electrons. The standard InChI is InChI=1S/C20H25N3O2S/c1-15(2)26-18-7-5-16(6-8-18)12-20(24)23-11-3-4-17(13-23)25-19-9-10-21-14-22-19/h5-10,14-15,17H,3-4,11-13H2,1-2H3. The molecule has 1 fully saturated rings. The van der Waals surface area contributed by atoms with Crippen molar-refractivity contribution < 1.29 is 9.53 Å². The third-order valence-electron chi connectivity index (χ3n) is 4.22. The predicted molar refractivity (Wildman–Crippen MR) is 103 cm³/mol. The van der Waals surface area contributed by atoms with Crippen LogP contribution in [0.15, 0.2) is 47.8 Å². The van der Waals surface area contributed by atoms with Crippen LogP contribution < -0.4 is 4.74 Å². The van der Waals surface area contributed by atoms with Gasteiger partial charge in [-0.2, -0.15) is 0 Å². The normalized spacial score (nSPS) is 17.3. The van der Waals surface area contributed by atoms with Crippen LogP contribution in [0.25, 0.3) is 0 Å². The van der Waals surface area contributed by atoms with Gasteiger partial charge < -0.3 is 9.64 Å². The smallest absolute Gasteiger partial charge is 0.227 e. The summed E-state index contributed by atoms with van der Waals surface area (Å²) < 4.78 is 5.89. The lowest BCUT2D eigenvalue weighted by Crippen LogP contribution is -2.45. The molecule has 1 atom stereocenters. The summed E-state index contributed by atoms with van der Waals surface area (Å²) in [7, 11) is 0. The highest BCUT2D eigenvalue weighted by atomic mass is 32.2. The number of thioether (sulfide) groups is 1. The van der Waals surface area contributed by atoms with Crippen molar-refractivity contribution in [2.24, 2.45) is 0 Å². The van der Waals surface area contributed by atoms with Crippen LogP contribution in [0.1, 0.15) is 32.3 Å². The molecule has 0 aliphatic carbocycles. The molecule has 1 aliphatic rings. The molecular weight excluding hydrogens is 346 g/mol. The highest BCUT2D eigenvalue weighted by molar-refractivity contribution is 7.99. The molecule has 2 heterocycles. The summed E-state index contributed by atoms with van der Waals surface area (Å²) in [6.45, 7) is 5.77. The number of carbonyl (C=O) groups excluding carboxylic acids is 1. The maximum absolute atomic E-state index is 12.7. The lowest BCUT2D eigenvalue weighted by Gasteiger charge is -2.32. The van der Waals surface area contributed by atoms with Gasteiger partial charge in [-0.25, -0.2) is 9.97 Å². The highest BCUT2D eigenvalue weighted by Gasteiger charge is 2.25. The quantitative estimate of drug-likeness (QED) is 0.727. The molecule has 1 unspecified atom stereocenters. The minimum absolute atomic E-state index is 0.00702. The van der Waals surface area contributed by atoms with Gasteiger partial charge in [0.15, 0.2) is 0 Å². The van der Waals surface area contributed by atoms with E-state index in [1.807, 2.05) is 16.7 Å². The Hall–Kier alpha value is -2.08. The third-order valence-corrected chi connectivity index (χ3v) is 5.24. The van der Waals surface area contributed by atoms with Crippen LogP contribution in [0, 0.1) is 0 Å². The average Bonchev–Trinajstić information content (AvgIpc) is 2.64. The number of likely N-dealkylation sites (tertiary alicyclic amines) is 1. The van der Waals surface area contributed by atoms with E-state index in [2.05, 4.69) is 48.1 Å². The minimum atomic E-state index is -0.00702. The molecule has 0 saturated carbocycles. The van der Waals surface area contributed by atoms with E-state index >= 15 is 0 Å². The van der Waals surface area contributed by atoms with Gasteiger partial charge in [0.2, 0.25) is 11.8 Å². The third kappa shape index (κ3) is 5.46. The zero-order valence-corrected chi connectivity index (χ0v) is 16.1. The molecular formula is C20H25N3O2S. The molecule has 0 N–H and O–H groups in total. The lowest BCUT2D eigenvalue weighted by molar-refractivity contribution is -0.133. The van der Waals surface area contributed by atoms with Crippen molar-refractivity contribution in [1.82, 2.24) is 14.9 Å². The Morgan fingerprint density at radius 1 is 1.31 bits per heavy atom. The Labute approximate surface area is 159 Å². The van der Waals surface area contributed by atoms with E-state index in [0.717, 1.165) is 24.9 Å². The molecule has 2 aromatic rings. The van der Waals surface area contributed by atoms with Gasteiger partial charge in [0, 0.05) is 29.0 Å². The molecule has 6 heteroatoms. The van der Waals surface area contributed by atoms with Crippen molar-refractivity contribution in [1.29, 1.82) is 0 Å². The maximum atomic E-state index is 12.7. The monoisotopic (exact) mass is 371 g/mol. The largest absolute Gasteiger partial charge is 0.472 e. The number of hydrogen-bond donors (Lipinski definition) is 0. The molecule has 1 saturated heterocycles. The van der Waals surface area contributed by atoms with E-state index in [9.17, 15) is 4.79 Å². The summed E-state index contributed by atoms with van der Waals surface area (Å²) in [5.41, 5.74) is 1.06. The van der Waals surface area contributed by atoms with Gasteiger partial charge in [-0.15, -0.1) is 11.8 Å². The molecule has 0 bridgehead atoms. The number of amides is 1. The lowest BCUT2D eigenvalue weighted by atomic mass is 10.1.